The van der Waals surface area contributed by atoms with Crippen LogP contribution < -0.4 is 0 Å². The van der Waals surface area contributed by atoms with Gasteiger partial charge in [0.25, 0.3) is 0 Å². The Hall–Kier alpha value is -2.34. The van der Waals surface area contributed by atoms with Gasteiger partial charge in [-0.25, -0.2) is 0 Å². The van der Waals surface area contributed by atoms with Crippen molar-refractivity contribution >= 4 is 0 Å². The third kappa shape index (κ3) is 4.82. The summed E-state index contributed by atoms with van der Waals surface area (Å²) in [4.78, 5) is 0. The lowest BCUT2D eigenvalue weighted by molar-refractivity contribution is 1.10. The molecule has 118 valence electrons. The maximum absolute atomic E-state index is 4.07. The molecule has 0 amide bonds. The van der Waals surface area contributed by atoms with E-state index in [4.69, 9.17) is 0 Å². The average molecular weight is 302 g/mol. The molecule has 0 saturated carbocycles. The minimum atomic E-state index is 0.915. The van der Waals surface area contributed by atoms with E-state index in [9.17, 15) is 0 Å². The Bertz CT molecular complexity index is 744. The van der Waals surface area contributed by atoms with Crippen LogP contribution in [0.2, 0.25) is 0 Å². The molecule has 2 aromatic rings. The Balaban J connectivity index is 2.19. The van der Waals surface area contributed by atoms with Gasteiger partial charge in [0.05, 0.1) is 0 Å². The van der Waals surface area contributed by atoms with Crippen molar-refractivity contribution in [1.82, 2.24) is 0 Å². The predicted octanol–water partition coefficient (Wildman–Crippen LogP) is 6.13. The largest absolute Gasteiger partial charge is 0.0991 e. The molecule has 0 aromatic heterocycles. The molecule has 0 aliphatic rings. The fourth-order valence-corrected chi connectivity index (χ4v) is 2.82. The highest BCUT2D eigenvalue weighted by Crippen LogP contribution is 2.20. The molecule has 0 saturated heterocycles. The SMILES string of the molecule is C=C/C=C(/Cc1ccc(Cc2cccc(C)c2)cc1C)C(=C)C. The Morgan fingerprint density at radius 1 is 1.04 bits per heavy atom. The highest BCUT2D eigenvalue weighted by Gasteiger charge is 2.05. The van der Waals surface area contributed by atoms with Gasteiger partial charge in [-0.2, -0.15) is 0 Å². The summed E-state index contributed by atoms with van der Waals surface area (Å²) in [7, 11) is 0. The predicted molar refractivity (Wildman–Crippen MR) is 102 cm³/mol. The van der Waals surface area contributed by atoms with E-state index in [1.807, 2.05) is 6.08 Å². The number of aryl methyl sites for hydroxylation is 2. The lowest BCUT2D eigenvalue weighted by Crippen LogP contribution is -1.97. The summed E-state index contributed by atoms with van der Waals surface area (Å²) < 4.78 is 0. The van der Waals surface area contributed by atoms with Gasteiger partial charge in [-0.1, -0.05) is 78.9 Å². The summed E-state index contributed by atoms with van der Waals surface area (Å²) in [5.74, 6) is 0. The summed E-state index contributed by atoms with van der Waals surface area (Å²) in [6.45, 7) is 14.3. The van der Waals surface area contributed by atoms with Crippen molar-refractivity contribution in [3.8, 4) is 0 Å². The van der Waals surface area contributed by atoms with E-state index in [1.54, 1.807) is 0 Å². The Kier molecular flexibility index (Phi) is 5.76. The second-order valence-corrected chi connectivity index (χ2v) is 6.31. The normalized spacial score (nSPS) is 11.3. The molecular weight excluding hydrogens is 276 g/mol. The summed E-state index contributed by atoms with van der Waals surface area (Å²) in [5, 5.41) is 0. The van der Waals surface area contributed by atoms with Crippen molar-refractivity contribution in [3.63, 3.8) is 0 Å². The molecule has 2 rings (SSSR count). The second-order valence-electron chi connectivity index (χ2n) is 6.31. The molecule has 0 fully saturated rings. The second kappa shape index (κ2) is 7.78. The molecular formula is C23H26. The van der Waals surface area contributed by atoms with Gasteiger partial charge in [0, 0.05) is 0 Å². The number of rotatable bonds is 6. The Morgan fingerprint density at radius 3 is 2.39 bits per heavy atom. The van der Waals surface area contributed by atoms with E-state index in [0.717, 1.165) is 18.4 Å². The molecule has 0 radical (unpaired) electrons. The van der Waals surface area contributed by atoms with E-state index in [1.165, 1.54) is 33.4 Å². The molecule has 0 atom stereocenters. The first-order chi connectivity index (χ1) is 11.0. The summed E-state index contributed by atoms with van der Waals surface area (Å²) in [6, 6.07) is 15.5. The van der Waals surface area contributed by atoms with Gasteiger partial charge >= 0.3 is 0 Å². The quantitative estimate of drug-likeness (QED) is 0.563. The smallest absolute Gasteiger partial charge is 0.00207 e. The minimum Gasteiger partial charge on any atom is -0.0991 e. The zero-order valence-corrected chi connectivity index (χ0v) is 14.5. The van der Waals surface area contributed by atoms with E-state index >= 15 is 0 Å². The average Bonchev–Trinajstić information content (AvgIpc) is 2.49. The molecule has 0 unspecified atom stereocenters. The Morgan fingerprint density at radius 2 is 1.78 bits per heavy atom. The zero-order chi connectivity index (χ0) is 16.8. The van der Waals surface area contributed by atoms with Crippen molar-refractivity contribution in [2.75, 3.05) is 0 Å². The van der Waals surface area contributed by atoms with Crippen LogP contribution in [0.25, 0.3) is 0 Å². The van der Waals surface area contributed by atoms with E-state index in [-0.39, 0.29) is 0 Å². The number of hydrogen-bond donors (Lipinski definition) is 0. The van der Waals surface area contributed by atoms with Crippen LogP contribution in [-0.2, 0) is 12.8 Å². The van der Waals surface area contributed by atoms with Gasteiger partial charge in [-0.05, 0) is 61.4 Å². The third-order valence-electron chi connectivity index (χ3n) is 4.15. The fourth-order valence-electron chi connectivity index (χ4n) is 2.82. The maximum Gasteiger partial charge on any atom is -0.00207 e. The maximum atomic E-state index is 4.07. The van der Waals surface area contributed by atoms with Gasteiger partial charge in [0.15, 0.2) is 0 Å². The molecule has 23 heavy (non-hydrogen) atoms. The number of benzene rings is 2. The van der Waals surface area contributed by atoms with Crippen LogP contribution in [-0.4, -0.2) is 0 Å². The van der Waals surface area contributed by atoms with E-state index < -0.39 is 0 Å². The van der Waals surface area contributed by atoms with Crippen molar-refractivity contribution < 1.29 is 0 Å². The van der Waals surface area contributed by atoms with Gasteiger partial charge in [0.2, 0.25) is 0 Å². The number of allylic oxidation sites excluding steroid dienone is 4. The molecule has 0 N–H and O–H groups in total. The van der Waals surface area contributed by atoms with Crippen molar-refractivity contribution in [3.05, 3.63) is 107 Å². The van der Waals surface area contributed by atoms with E-state index in [2.05, 4.69) is 82.5 Å². The first-order valence-corrected chi connectivity index (χ1v) is 8.11. The first kappa shape index (κ1) is 17.0. The molecule has 0 aliphatic heterocycles. The van der Waals surface area contributed by atoms with Gasteiger partial charge in [0.1, 0.15) is 0 Å². The van der Waals surface area contributed by atoms with Gasteiger partial charge in [-0.15, -0.1) is 0 Å². The standard InChI is InChI=1S/C23H26/c1-6-8-22(17(2)3)16-23-12-11-21(14-19(23)5)15-20-10-7-9-18(4)13-20/h6-14H,1-2,15-16H2,3-5H3/b22-8-. The molecule has 0 aliphatic carbocycles. The third-order valence-corrected chi connectivity index (χ3v) is 4.15. The lowest BCUT2D eigenvalue weighted by Gasteiger charge is -2.12. The summed E-state index contributed by atoms with van der Waals surface area (Å²) in [5.41, 5.74) is 9.09. The van der Waals surface area contributed by atoms with Gasteiger partial charge < -0.3 is 0 Å². The first-order valence-electron chi connectivity index (χ1n) is 8.11. The summed E-state index contributed by atoms with van der Waals surface area (Å²) in [6.07, 6.45) is 5.80. The molecule has 0 nitrogen and oxygen atoms in total. The highest BCUT2D eigenvalue weighted by atomic mass is 14.1. The number of hydrogen-bond acceptors (Lipinski definition) is 0. The van der Waals surface area contributed by atoms with Crippen molar-refractivity contribution in [2.24, 2.45) is 0 Å². The van der Waals surface area contributed by atoms with Crippen molar-refractivity contribution in [2.45, 2.75) is 33.6 Å². The molecule has 2 aromatic carbocycles. The van der Waals surface area contributed by atoms with Crippen LogP contribution in [0, 0.1) is 13.8 Å². The topological polar surface area (TPSA) is 0 Å². The fraction of sp³-hybridized carbons (Fsp3) is 0.217. The molecule has 0 bridgehead atoms. The lowest BCUT2D eigenvalue weighted by atomic mass is 9.93. The molecule has 0 heterocycles. The van der Waals surface area contributed by atoms with E-state index in [0.29, 0.717) is 0 Å². The van der Waals surface area contributed by atoms with Crippen LogP contribution in [0.5, 0.6) is 0 Å². The van der Waals surface area contributed by atoms with Crippen molar-refractivity contribution in [1.29, 1.82) is 0 Å². The zero-order valence-electron chi connectivity index (χ0n) is 14.5. The van der Waals surface area contributed by atoms with Gasteiger partial charge in [-0.3, -0.25) is 0 Å². The van der Waals surface area contributed by atoms with Crippen LogP contribution in [0.4, 0.5) is 0 Å². The summed E-state index contributed by atoms with van der Waals surface area (Å²) >= 11 is 0. The highest BCUT2D eigenvalue weighted by molar-refractivity contribution is 5.41. The monoisotopic (exact) mass is 302 g/mol. The van der Waals surface area contributed by atoms with Crippen LogP contribution in [0.15, 0.2) is 78.9 Å². The van der Waals surface area contributed by atoms with Crippen LogP contribution >= 0.6 is 0 Å². The molecule has 0 spiro atoms. The Labute approximate surface area is 140 Å². The van der Waals surface area contributed by atoms with Crippen LogP contribution in [0.3, 0.4) is 0 Å². The van der Waals surface area contributed by atoms with Crippen LogP contribution in [0.1, 0.15) is 34.7 Å². The minimum absolute atomic E-state index is 0.915. The molecule has 0 heteroatoms.